The number of ether oxygens (including phenoxy) is 2. The zero-order valence-electron chi connectivity index (χ0n) is 22.2. The number of likely N-dealkylation sites (tertiary alicyclic amines) is 1. The summed E-state index contributed by atoms with van der Waals surface area (Å²) in [6, 6.07) is -1.51. The Morgan fingerprint density at radius 2 is 1.86 bits per heavy atom. The lowest BCUT2D eigenvalue weighted by Gasteiger charge is -2.41. The minimum atomic E-state index is -1.31. The molecular weight excluding hydrogens is 460 g/mol. The normalized spacial score (nSPS) is 37.0. The van der Waals surface area contributed by atoms with Crippen LogP contribution >= 0.6 is 0 Å². The van der Waals surface area contributed by atoms with Gasteiger partial charge in [0.25, 0.3) is 0 Å². The third kappa shape index (κ3) is 4.10. The molecule has 7 atom stereocenters. The van der Waals surface area contributed by atoms with Crippen LogP contribution in [0.15, 0.2) is 24.3 Å². The molecule has 0 radical (unpaired) electrons. The second-order valence-electron chi connectivity index (χ2n) is 10.7. The third-order valence-corrected chi connectivity index (χ3v) is 8.67. The molecule has 0 aromatic heterocycles. The molecule has 0 bridgehead atoms. The van der Waals surface area contributed by atoms with Crippen molar-refractivity contribution < 1.29 is 29.0 Å². The quantitative estimate of drug-likeness (QED) is 0.425. The van der Waals surface area contributed by atoms with Crippen molar-refractivity contribution in [2.24, 2.45) is 11.8 Å². The Labute approximate surface area is 214 Å². The van der Waals surface area contributed by atoms with E-state index in [0.717, 1.165) is 32.1 Å². The number of rotatable bonds is 7. The van der Waals surface area contributed by atoms with Crippen LogP contribution in [0.1, 0.15) is 72.6 Å². The molecule has 36 heavy (non-hydrogen) atoms. The topological polar surface area (TPSA) is 96.4 Å². The average molecular weight is 503 g/mol. The Balaban J connectivity index is 1.90. The van der Waals surface area contributed by atoms with E-state index >= 15 is 0 Å². The van der Waals surface area contributed by atoms with Gasteiger partial charge in [-0.25, -0.2) is 0 Å². The molecule has 2 unspecified atom stereocenters. The Kier molecular flexibility index (Phi) is 7.95. The van der Waals surface area contributed by atoms with E-state index in [-0.39, 0.29) is 24.5 Å². The summed E-state index contributed by atoms with van der Waals surface area (Å²) in [5, 5.41) is 10.2. The van der Waals surface area contributed by atoms with Crippen LogP contribution in [0.2, 0.25) is 0 Å². The smallest absolute Gasteiger partial charge is 0.313 e. The van der Waals surface area contributed by atoms with Gasteiger partial charge in [-0.2, -0.15) is 0 Å². The monoisotopic (exact) mass is 502 g/mol. The van der Waals surface area contributed by atoms with Crippen LogP contribution in [0.4, 0.5) is 0 Å². The first-order valence-electron chi connectivity index (χ1n) is 13.8. The molecular formula is C28H42N2O6. The van der Waals surface area contributed by atoms with Crippen LogP contribution in [0.25, 0.3) is 0 Å². The minimum Gasteiger partial charge on any atom is -0.465 e. The van der Waals surface area contributed by atoms with Gasteiger partial charge in [-0.3, -0.25) is 14.4 Å². The number of aliphatic hydroxyl groups excluding tert-OH is 1. The van der Waals surface area contributed by atoms with Gasteiger partial charge >= 0.3 is 5.97 Å². The van der Waals surface area contributed by atoms with Gasteiger partial charge in [0, 0.05) is 12.6 Å². The van der Waals surface area contributed by atoms with E-state index < -0.39 is 41.1 Å². The summed E-state index contributed by atoms with van der Waals surface area (Å²) in [5.74, 6) is -2.72. The van der Waals surface area contributed by atoms with Crippen molar-refractivity contribution in [3.63, 3.8) is 0 Å². The molecule has 0 aliphatic carbocycles. The van der Waals surface area contributed by atoms with E-state index in [2.05, 4.69) is 6.92 Å². The van der Waals surface area contributed by atoms with Crippen molar-refractivity contribution in [3.8, 4) is 0 Å². The molecule has 0 saturated carbocycles. The highest BCUT2D eigenvalue weighted by atomic mass is 16.6. The summed E-state index contributed by atoms with van der Waals surface area (Å²) < 4.78 is 12.6. The van der Waals surface area contributed by atoms with Crippen LogP contribution < -0.4 is 0 Å². The fourth-order valence-corrected chi connectivity index (χ4v) is 6.77. The molecule has 2 amide bonds. The first-order chi connectivity index (χ1) is 17.3. The van der Waals surface area contributed by atoms with Gasteiger partial charge in [0.05, 0.1) is 25.2 Å². The van der Waals surface area contributed by atoms with E-state index in [1.54, 1.807) is 0 Å². The van der Waals surface area contributed by atoms with Gasteiger partial charge in [0.1, 0.15) is 23.2 Å². The number of hydrogen-bond donors (Lipinski definition) is 1. The molecule has 8 nitrogen and oxygen atoms in total. The number of amides is 2. The Bertz CT molecular complexity index is 914. The minimum absolute atomic E-state index is 0.0143. The van der Waals surface area contributed by atoms with Gasteiger partial charge < -0.3 is 24.4 Å². The largest absolute Gasteiger partial charge is 0.465 e. The van der Waals surface area contributed by atoms with Crippen molar-refractivity contribution in [2.45, 2.75) is 102 Å². The van der Waals surface area contributed by atoms with E-state index in [1.807, 2.05) is 50.0 Å². The lowest BCUT2D eigenvalue weighted by Crippen LogP contribution is -2.59. The second-order valence-corrected chi connectivity index (χ2v) is 10.7. The summed E-state index contributed by atoms with van der Waals surface area (Å²) in [6.45, 7) is 8.40. The van der Waals surface area contributed by atoms with Crippen LogP contribution in [0.3, 0.4) is 0 Å². The molecule has 4 rings (SSSR count). The summed E-state index contributed by atoms with van der Waals surface area (Å²) in [6.07, 6.45) is 13.0. The SMILES string of the molecule is CCCC(C)N1CC=C[C@]23O[C@@]4(CC)/C=C\CCCCOC(=O)[C@H]4[C@H]2C(=O)N([C@@H](CC)CO)C3C1=O. The van der Waals surface area contributed by atoms with Gasteiger partial charge in [0.15, 0.2) is 0 Å². The molecule has 4 aliphatic heterocycles. The molecule has 1 N–H and O–H groups in total. The molecule has 4 heterocycles. The summed E-state index contributed by atoms with van der Waals surface area (Å²) in [7, 11) is 0. The fourth-order valence-electron chi connectivity index (χ4n) is 6.77. The zero-order valence-corrected chi connectivity index (χ0v) is 22.2. The Morgan fingerprint density at radius 3 is 2.53 bits per heavy atom. The second kappa shape index (κ2) is 10.7. The number of hydrogen-bond acceptors (Lipinski definition) is 6. The highest BCUT2D eigenvalue weighted by molar-refractivity contribution is 5.99. The molecule has 200 valence electrons. The van der Waals surface area contributed by atoms with Crippen LogP contribution in [-0.2, 0) is 23.9 Å². The number of carbonyl (C=O) groups excluding carboxylic acids is 3. The van der Waals surface area contributed by atoms with Gasteiger partial charge in [-0.15, -0.1) is 0 Å². The molecule has 8 heteroatoms. The number of aliphatic hydroxyl groups is 1. The van der Waals surface area contributed by atoms with Crippen LogP contribution in [0, 0.1) is 11.8 Å². The van der Waals surface area contributed by atoms with E-state index in [4.69, 9.17) is 9.47 Å². The lowest BCUT2D eigenvalue weighted by atomic mass is 9.73. The standard InChI is InChI=1S/C28H42N2O6/c1-5-13-19(4)29-16-12-15-28-21(24(32)30(20(6-2)18-31)23(28)25(29)33)22-26(34)35-17-11-9-8-10-14-27(22,7-3)36-28/h10,12,14-15,19-23,31H,5-9,11,13,16-18H2,1-4H3/b14-10-/t19?,20-,21-,22+,23?,27-,28-/m0/s1. The number of esters is 1. The lowest BCUT2D eigenvalue weighted by molar-refractivity contribution is -0.163. The van der Waals surface area contributed by atoms with E-state index in [9.17, 15) is 19.5 Å². The number of allylic oxidation sites excluding steroid dienone is 1. The molecule has 2 fully saturated rings. The average Bonchev–Trinajstić information content (AvgIpc) is 3.22. The van der Waals surface area contributed by atoms with Crippen LogP contribution in [-0.4, -0.2) is 81.8 Å². The van der Waals surface area contributed by atoms with Gasteiger partial charge in [-0.05, 0) is 45.4 Å². The van der Waals surface area contributed by atoms with Gasteiger partial charge in [-0.1, -0.05) is 51.5 Å². The fraction of sp³-hybridized carbons (Fsp3) is 0.750. The highest BCUT2D eigenvalue weighted by Crippen LogP contribution is 2.58. The van der Waals surface area contributed by atoms with Crippen molar-refractivity contribution in [3.05, 3.63) is 24.3 Å². The molecule has 4 aliphatic rings. The first-order valence-corrected chi connectivity index (χ1v) is 13.8. The van der Waals surface area contributed by atoms with E-state index in [1.165, 1.54) is 4.90 Å². The Morgan fingerprint density at radius 1 is 1.08 bits per heavy atom. The van der Waals surface area contributed by atoms with Crippen molar-refractivity contribution in [1.82, 2.24) is 9.80 Å². The molecule has 0 aromatic rings. The number of carbonyl (C=O) groups is 3. The molecule has 0 aromatic carbocycles. The highest BCUT2D eigenvalue weighted by Gasteiger charge is 2.75. The summed E-state index contributed by atoms with van der Waals surface area (Å²) in [5.41, 5.74) is -2.36. The van der Waals surface area contributed by atoms with Gasteiger partial charge in [0.2, 0.25) is 11.8 Å². The summed E-state index contributed by atoms with van der Waals surface area (Å²) >= 11 is 0. The maximum Gasteiger partial charge on any atom is 0.313 e. The predicted octanol–water partition coefficient (Wildman–Crippen LogP) is 2.99. The maximum absolute atomic E-state index is 14.3. The van der Waals surface area contributed by atoms with Crippen molar-refractivity contribution in [2.75, 3.05) is 19.8 Å². The predicted molar refractivity (Wildman–Crippen MR) is 135 cm³/mol. The molecule has 2 saturated heterocycles. The zero-order chi connectivity index (χ0) is 26.1. The van der Waals surface area contributed by atoms with Crippen LogP contribution in [0.5, 0.6) is 0 Å². The number of nitrogens with zero attached hydrogens (tertiary/aromatic N) is 2. The van der Waals surface area contributed by atoms with Crippen molar-refractivity contribution in [1.29, 1.82) is 0 Å². The number of fused-ring (bicyclic) bond motifs is 2. The van der Waals surface area contributed by atoms with Crippen molar-refractivity contribution >= 4 is 17.8 Å². The van der Waals surface area contributed by atoms with E-state index in [0.29, 0.717) is 26.0 Å². The number of cyclic esters (lactones) is 1. The third-order valence-electron chi connectivity index (χ3n) is 8.67. The Hall–Kier alpha value is -2.19. The maximum atomic E-state index is 14.3. The summed E-state index contributed by atoms with van der Waals surface area (Å²) in [4.78, 5) is 45.5. The first kappa shape index (κ1) is 26.9. The molecule has 1 spiro atoms.